The normalized spacial score (nSPS) is 27.2. The molecule has 1 aliphatic heterocycles. The van der Waals surface area contributed by atoms with Crippen molar-refractivity contribution >= 4 is 46.3 Å². The first kappa shape index (κ1) is 13.3. The zero-order valence-electron chi connectivity index (χ0n) is 8.43. The van der Waals surface area contributed by atoms with Crippen LogP contribution < -0.4 is 0 Å². The molecule has 1 heterocycles. The fourth-order valence-electron chi connectivity index (χ4n) is 1.13. The topological polar surface area (TPSA) is 29.5 Å². The Morgan fingerprint density at radius 2 is 2.00 bits per heavy atom. The van der Waals surface area contributed by atoms with E-state index in [4.69, 9.17) is 25.5 Å². The summed E-state index contributed by atoms with van der Waals surface area (Å²) in [6.07, 6.45) is 0. The molecule has 1 aliphatic rings. The van der Waals surface area contributed by atoms with E-state index in [1.165, 1.54) is 0 Å². The Kier molecular flexibility index (Phi) is 4.07. The Morgan fingerprint density at radius 1 is 1.50 bits per heavy atom. The van der Waals surface area contributed by atoms with Crippen LogP contribution in [0, 0.1) is 0 Å². The van der Waals surface area contributed by atoms with Crippen LogP contribution in [-0.2, 0) is 3.82 Å². The molecule has 0 spiro atoms. The molecule has 1 rings (SSSR count). The zero-order valence-corrected chi connectivity index (χ0v) is 13.4. The van der Waals surface area contributed by atoms with E-state index in [1.807, 2.05) is 13.8 Å². The third-order valence-electron chi connectivity index (χ3n) is 1.79. The Morgan fingerprint density at radius 3 is 2.29 bits per heavy atom. The third-order valence-corrected chi connectivity index (χ3v) is 13.2. The average Bonchev–Trinajstić information content (AvgIpc) is 2.21. The third kappa shape index (κ3) is 2.50. The predicted molar refractivity (Wildman–Crippen MR) is 61.7 cm³/mol. The van der Waals surface area contributed by atoms with Crippen molar-refractivity contribution in [2.24, 2.45) is 0 Å². The van der Waals surface area contributed by atoms with Crippen LogP contribution in [0.15, 0.2) is 9.50 Å². The van der Waals surface area contributed by atoms with E-state index >= 15 is 0 Å². The summed E-state index contributed by atoms with van der Waals surface area (Å²) in [5.74, 6) is 0. The average molecular weight is 370 g/mol. The van der Waals surface area contributed by atoms with E-state index < -0.39 is 23.6 Å². The quantitative estimate of drug-likeness (QED) is 0.754. The SMILES string of the molecule is CC(C)(O)C1=C(Cl)C(C)(C)O[Se+]1[Se]Cl. The molecule has 0 aromatic carbocycles. The van der Waals surface area contributed by atoms with Gasteiger partial charge in [0.25, 0.3) is 0 Å². The Hall–Kier alpha value is 1.28. The van der Waals surface area contributed by atoms with E-state index in [-0.39, 0.29) is 12.2 Å². The molecule has 2 nitrogen and oxygen atoms in total. The molecule has 0 aliphatic carbocycles. The van der Waals surface area contributed by atoms with Crippen LogP contribution in [0.25, 0.3) is 0 Å². The van der Waals surface area contributed by atoms with Crippen molar-refractivity contribution in [1.29, 1.82) is 0 Å². The first-order valence-corrected chi connectivity index (χ1v) is 12.6. The minimum atomic E-state index is -1.51. The molecule has 14 heavy (non-hydrogen) atoms. The molecule has 6 heteroatoms. The van der Waals surface area contributed by atoms with Gasteiger partial charge in [0.1, 0.15) is 0 Å². The van der Waals surface area contributed by atoms with Crippen LogP contribution in [0.1, 0.15) is 27.7 Å². The van der Waals surface area contributed by atoms with E-state index in [1.54, 1.807) is 13.8 Å². The second-order valence-electron chi connectivity index (χ2n) is 4.09. The second kappa shape index (κ2) is 4.27. The van der Waals surface area contributed by atoms with Crippen molar-refractivity contribution in [3.63, 3.8) is 0 Å². The first-order valence-electron chi connectivity index (χ1n) is 4.06. The molecule has 0 radical (unpaired) electrons. The van der Waals surface area contributed by atoms with Crippen molar-refractivity contribution < 1.29 is 8.93 Å². The maximum atomic E-state index is 9.98. The van der Waals surface area contributed by atoms with Crippen LogP contribution >= 0.6 is 21.7 Å². The molecule has 0 bridgehead atoms. The summed E-state index contributed by atoms with van der Waals surface area (Å²) in [7, 11) is 5.89. The van der Waals surface area contributed by atoms with Gasteiger partial charge >= 0.3 is 104 Å². The summed E-state index contributed by atoms with van der Waals surface area (Å²) in [4.78, 5) is 0. The molecule has 0 aromatic heterocycles. The van der Waals surface area contributed by atoms with Gasteiger partial charge in [0.15, 0.2) is 0 Å². The molecule has 0 fully saturated rings. The molecule has 1 atom stereocenters. The van der Waals surface area contributed by atoms with Crippen LogP contribution in [0.5, 0.6) is 0 Å². The molecule has 0 aromatic rings. The van der Waals surface area contributed by atoms with E-state index in [0.29, 0.717) is 5.03 Å². The van der Waals surface area contributed by atoms with E-state index in [0.717, 1.165) is 4.47 Å². The number of hydrogen-bond acceptors (Lipinski definition) is 2. The number of hydrogen-bond donors (Lipinski definition) is 1. The fourth-order valence-corrected chi connectivity index (χ4v) is 13.8. The standard InChI is InChI=1S/C8H13Cl2O2Se2/c1-7(2,11)6-5(9)8(3,4)12-14(6)13-10/h11H,1-4H3/q+1. The summed E-state index contributed by atoms with van der Waals surface area (Å²) < 4.78 is 6.65. The summed E-state index contributed by atoms with van der Waals surface area (Å²) in [5.41, 5.74) is -1.38. The summed E-state index contributed by atoms with van der Waals surface area (Å²) in [6, 6.07) is 0. The van der Waals surface area contributed by atoms with Gasteiger partial charge in [0.2, 0.25) is 0 Å². The van der Waals surface area contributed by atoms with Gasteiger partial charge in [0, 0.05) is 0 Å². The minimum absolute atomic E-state index is 0.108. The molecule has 0 amide bonds. The first-order chi connectivity index (χ1) is 6.20. The van der Waals surface area contributed by atoms with Gasteiger partial charge in [0.05, 0.1) is 0 Å². The van der Waals surface area contributed by atoms with Crippen LogP contribution in [-0.4, -0.2) is 40.9 Å². The molecule has 1 unspecified atom stereocenters. The number of aliphatic hydroxyl groups is 1. The molecule has 0 saturated heterocycles. The zero-order chi connectivity index (χ0) is 11.1. The molecular weight excluding hydrogens is 357 g/mol. The van der Waals surface area contributed by atoms with Crippen molar-refractivity contribution in [3.8, 4) is 0 Å². The summed E-state index contributed by atoms with van der Waals surface area (Å²) >= 11 is 4.58. The summed E-state index contributed by atoms with van der Waals surface area (Å²) in [5, 5.41) is 10.6. The number of rotatable bonds is 2. The molecular formula is C8H13Cl2O2Se2+. The predicted octanol–water partition coefficient (Wildman–Crippen LogP) is 1.94. The van der Waals surface area contributed by atoms with Crippen LogP contribution in [0.2, 0.25) is 0 Å². The summed E-state index contributed by atoms with van der Waals surface area (Å²) in [6.45, 7) is 7.28. The van der Waals surface area contributed by atoms with E-state index in [2.05, 4.69) is 0 Å². The van der Waals surface area contributed by atoms with Gasteiger partial charge < -0.3 is 0 Å². The Balaban J connectivity index is 3.15. The van der Waals surface area contributed by atoms with Gasteiger partial charge in [-0.05, 0) is 0 Å². The molecule has 1 N–H and O–H groups in total. The van der Waals surface area contributed by atoms with Crippen LogP contribution in [0.3, 0.4) is 0 Å². The fraction of sp³-hybridized carbons (Fsp3) is 0.750. The Labute approximate surface area is 103 Å². The van der Waals surface area contributed by atoms with E-state index in [9.17, 15) is 5.11 Å². The maximum absolute atomic E-state index is 9.98. The number of halogens is 2. The molecule has 82 valence electrons. The van der Waals surface area contributed by atoms with Gasteiger partial charge in [-0.1, -0.05) is 0 Å². The van der Waals surface area contributed by atoms with Gasteiger partial charge in [-0.2, -0.15) is 0 Å². The van der Waals surface area contributed by atoms with Crippen molar-refractivity contribution in [1.82, 2.24) is 0 Å². The van der Waals surface area contributed by atoms with Crippen molar-refractivity contribution in [2.45, 2.75) is 38.9 Å². The second-order valence-corrected chi connectivity index (χ2v) is 15.0. The van der Waals surface area contributed by atoms with Gasteiger partial charge in [-0.15, -0.1) is 0 Å². The molecule has 0 saturated carbocycles. The van der Waals surface area contributed by atoms with Crippen molar-refractivity contribution in [3.05, 3.63) is 9.50 Å². The Bertz CT molecular complexity index is 271. The van der Waals surface area contributed by atoms with Gasteiger partial charge in [-0.25, -0.2) is 0 Å². The van der Waals surface area contributed by atoms with Crippen molar-refractivity contribution in [2.75, 3.05) is 0 Å². The van der Waals surface area contributed by atoms with Gasteiger partial charge in [-0.3, -0.25) is 0 Å². The monoisotopic (exact) mass is 371 g/mol. The van der Waals surface area contributed by atoms with Crippen LogP contribution in [0.4, 0.5) is 0 Å².